The number of halogens is 1. The van der Waals surface area contributed by atoms with E-state index in [4.69, 9.17) is 4.74 Å². The van der Waals surface area contributed by atoms with Gasteiger partial charge in [-0.3, -0.25) is 14.4 Å². The molecule has 0 saturated heterocycles. The van der Waals surface area contributed by atoms with E-state index in [9.17, 15) is 14.4 Å². The predicted octanol–water partition coefficient (Wildman–Crippen LogP) is 6.99. The summed E-state index contributed by atoms with van der Waals surface area (Å²) in [5.74, 6) is -0.490. The van der Waals surface area contributed by atoms with Crippen molar-refractivity contribution in [1.82, 2.24) is 5.32 Å². The fourth-order valence-corrected chi connectivity index (χ4v) is 4.94. The Hall–Kier alpha value is -4.34. The molecule has 0 aromatic heterocycles. The Bertz CT molecular complexity index is 1560. The van der Waals surface area contributed by atoms with Gasteiger partial charge in [0.2, 0.25) is 5.91 Å². The first kappa shape index (κ1) is 29.6. The van der Waals surface area contributed by atoms with E-state index >= 15 is 0 Å². The summed E-state index contributed by atoms with van der Waals surface area (Å²) in [6.07, 6.45) is 1.62. The number of methoxy groups -OCH3 is 1. The maximum Gasteiger partial charge on any atom is 0.272 e. The number of hydrogen-bond acceptors (Lipinski definition) is 5. The molecule has 4 aromatic rings. The van der Waals surface area contributed by atoms with Crippen LogP contribution >= 0.6 is 27.7 Å². The number of carbonyl (C=O) groups excluding carboxylic acids is 3. The lowest BCUT2D eigenvalue weighted by atomic mass is 10.1. The maximum absolute atomic E-state index is 13.4. The summed E-state index contributed by atoms with van der Waals surface area (Å²) in [7, 11) is 1.55. The normalized spacial score (nSPS) is 11.7. The van der Waals surface area contributed by atoms with Crippen LogP contribution in [0.4, 0.5) is 11.4 Å². The lowest BCUT2D eigenvalue weighted by Gasteiger charge is -2.15. The molecule has 0 aliphatic carbocycles. The third-order valence-corrected chi connectivity index (χ3v) is 7.47. The first-order chi connectivity index (χ1) is 19.8. The van der Waals surface area contributed by atoms with Gasteiger partial charge in [0.1, 0.15) is 11.4 Å². The van der Waals surface area contributed by atoms with Gasteiger partial charge in [-0.25, -0.2) is 0 Å². The molecule has 1 atom stereocenters. The average Bonchev–Trinajstić information content (AvgIpc) is 2.98. The van der Waals surface area contributed by atoms with E-state index in [0.717, 1.165) is 14.9 Å². The third-order valence-electron chi connectivity index (χ3n) is 5.85. The smallest absolute Gasteiger partial charge is 0.272 e. The van der Waals surface area contributed by atoms with Gasteiger partial charge in [0.25, 0.3) is 11.8 Å². The van der Waals surface area contributed by atoms with Crippen molar-refractivity contribution in [3.63, 3.8) is 0 Å². The molecule has 9 heteroatoms. The van der Waals surface area contributed by atoms with Crippen molar-refractivity contribution in [1.29, 1.82) is 0 Å². The second-order valence-electron chi connectivity index (χ2n) is 8.86. The monoisotopic (exact) mass is 629 g/mol. The standard InChI is InChI=1S/C32H28BrN3O4S/c1-21(30(37)35-27-13-6-7-14-29(27)40-2)41-26-12-8-11-25(20-26)34-32(39)28(19-22-15-17-24(33)18-16-22)36-31(38)23-9-4-3-5-10-23/h3-21H,1-2H3,(H,34,39)(H,35,37)(H,36,38)/b28-19-. The number of ether oxygens (including phenoxy) is 1. The molecular weight excluding hydrogens is 602 g/mol. The van der Waals surface area contributed by atoms with Gasteiger partial charge in [-0.05, 0) is 73.2 Å². The Labute approximate surface area is 251 Å². The molecule has 0 aliphatic rings. The molecule has 41 heavy (non-hydrogen) atoms. The van der Waals surface area contributed by atoms with Gasteiger partial charge in [-0.15, -0.1) is 11.8 Å². The Kier molecular flexibility index (Phi) is 10.4. The van der Waals surface area contributed by atoms with Crippen molar-refractivity contribution < 1.29 is 19.1 Å². The van der Waals surface area contributed by atoms with E-state index in [0.29, 0.717) is 22.7 Å². The lowest BCUT2D eigenvalue weighted by Crippen LogP contribution is -2.30. The highest BCUT2D eigenvalue weighted by Crippen LogP contribution is 2.29. The van der Waals surface area contributed by atoms with Crippen molar-refractivity contribution in [3.05, 3.63) is 124 Å². The number of carbonyl (C=O) groups is 3. The van der Waals surface area contributed by atoms with Gasteiger partial charge >= 0.3 is 0 Å². The molecule has 0 bridgehead atoms. The molecule has 7 nitrogen and oxygen atoms in total. The van der Waals surface area contributed by atoms with Gasteiger partial charge in [0.15, 0.2) is 0 Å². The largest absolute Gasteiger partial charge is 0.495 e. The minimum atomic E-state index is -0.485. The van der Waals surface area contributed by atoms with Crippen LogP contribution in [-0.2, 0) is 9.59 Å². The van der Waals surface area contributed by atoms with E-state index in [1.54, 1.807) is 74.7 Å². The number of para-hydroxylation sites is 2. The van der Waals surface area contributed by atoms with Crippen LogP contribution in [0.1, 0.15) is 22.8 Å². The highest BCUT2D eigenvalue weighted by molar-refractivity contribution is 9.10. The van der Waals surface area contributed by atoms with Crippen LogP contribution in [0.25, 0.3) is 6.08 Å². The van der Waals surface area contributed by atoms with E-state index < -0.39 is 17.1 Å². The number of amides is 3. The van der Waals surface area contributed by atoms with Gasteiger partial charge in [0, 0.05) is 20.6 Å². The van der Waals surface area contributed by atoms with Gasteiger partial charge in [-0.1, -0.05) is 64.5 Å². The molecule has 0 heterocycles. The molecule has 0 fully saturated rings. The minimum absolute atomic E-state index is 0.0868. The van der Waals surface area contributed by atoms with Crippen molar-refractivity contribution in [3.8, 4) is 5.75 Å². The number of benzene rings is 4. The Morgan fingerprint density at radius 2 is 1.56 bits per heavy atom. The fraction of sp³-hybridized carbons (Fsp3) is 0.0938. The van der Waals surface area contributed by atoms with Crippen molar-refractivity contribution in [2.45, 2.75) is 17.1 Å². The summed E-state index contributed by atoms with van der Waals surface area (Å²) in [4.78, 5) is 39.9. The zero-order valence-electron chi connectivity index (χ0n) is 22.4. The molecule has 0 aliphatic heterocycles. The Balaban J connectivity index is 1.48. The third kappa shape index (κ3) is 8.57. The molecule has 208 valence electrons. The summed E-state index contributed by atoms with van der Waals surface area (Å²) in [6, 6.07) is 30.5. The van der Waals surface area contributed by atoms with Crippen LogP contribution in [0.15, 0.2) is 118 Å². The van der Waals surface area contributed by atoms with Gasteiger partial charge < -0.3 is 20.7 Å². The van der Waals surface area contributed by atoms with Crippen LogP contribution in [0.5, 0.6) is 5.75 Å². The van der Waals surface area contributed by atoms with Crippen LogP contribution in [-0.4, -0.2) is 30.1 Å². The summed E-state index contributed by atoms with van der Waals surface area (Å²) in [6.45, 7) is 1.80. The molecular formula is C32H28BrN3O4S. The lowest BCUT2D eigenvalue weighted by molar-refractivity contribution is -0.115. The Morgan fingerprint density at radius 1 is 0.854 bits per heavy atom. The second kappa shape index (κ2) is 14.3. The fourth-order valence-electron chi connectivity index (χ4n) is 3.75. The number of rotatable bonds is 10. The first-order valence-corrected chi connectivity index (χ1v) is 14.4. The average molecular weight is 631 g/mol. The SMILES string of the molecule is COc1ccccc1NC(=O)C(C)Sc1cccc(NC(=O)/C(=C/c2ccc(Br)cc2)NC(=O)c2ccccc2)c1. The molecule has 0 saturated carbocycles. The highest BCUT2D eigenvalue weighted by atomic mass is 79.9. The molecule has 0 radical (unpaired) electrons. The second-order valence-corrected chi connectivity index (χ2v) is 11.2. The van der Waals surface area contributed by atoms with Crippen molar-refractivity contribution >= 4 is 62.9 Å². The molecule has 4 aromatic carbocycles. The number of nitrogens with one attached hydrogen (secondary N) is 3. The zero-order valence-corrected chi connectivity index (χ0v) is 24.8. The van der Waals surface area contributed by atoms with Crippen LogP contribution in [0.3, 0.4) is 0 Å². The maximum atomic E-state index is 13.4. The van der Waals surface area contributed by atoms with Crippen LogP contribution in [0, 0.1) is 0 Å². The number of anilines is 2. The molecule has 3 amide bonds. The Morgan fingerprint density at radius 3 is 2.29 bits per heavy atom. The number of hydrogen-bond donors (Lipinski definition) is 3. The van der Waals surface area contributed by atoms with E-state index in [1.807, 2.05) is 48.5 Å². The summed E-state index contributed by atoms with van der Waals surface area (Å²) < 4.78 is 6.21. The molecule has 1 unspecified atom stereocenters. The minimum Gasteiger partial charge on any atom is -0.495 e. The summed E-state index contributed by atoms with van der Waals surface area (Å²) in [5, 5.41) is 8.08. The van der Waals surface area contributed by atoms with Crippen LogP contribution in [0.2, 0.25) is 0 Å². The highest BCUT2D eigenvalue weighted by Gasteiger charge is 2.18. The topological polar surface area (TPSA) is 96.5 Å². The van der Waals surface area contributed by atoms with E-state index in [-0.39, 0.29) is 11.6 Å². The van der Waals surface area contributed by atoms with Crippen LogP contribution < -0.4 is 20.7 Å². The summed E-state index contributed by atoms with van der Waals surface area (Å²) >= 11 is 4.76. The van der Waals surface area contributed by atoms with E-state index in [2.05, 4.69) is 31.9 Å². The van der Waals surface area contributed by atoms with Gasteiger partial charge in [-0.2, -0.15) is 0 Å². The quantitative estimate of drug-likeness (QED) is 0.130. The van der Waals surface area contributed by atoms with Gasteiger partial charge in [0.05, 0.1) is 18.0 Å². The molecule has 3 N–H and O–H groups in total. The number of thioether (sulfide) groups is 1. The predicted molar refractivity (Wildman–Crippen MR) is 168 cm³/mol. The molecule has 0 spiro atoms. The van der Waals surface area contributed by atoms with Crippen molar-refractivity contribution in [2.24, 2.45) is 0 Å². The van der Waals surface area contributed by atoms with E-state index in [1.165, 1.54) is 11.8 Å². The van der Waals surface area contributed by atoms with Crippen molar-refractivity contribution in [2.75, 3.05) is 17.7 Å². The zero-order chi connectivity index (χ0) is 29.2. The first-order valence-electron chi connectivity index (χ1n) is 12.7. The molecule has 4 rings (SSSR count). The summed E-state index contributed by atoms with van der Waals surface area (Å²) in [5.41, 5.74) is 2.37.